The topological polar surface area (TPSA) is 21.3 Å². The molecule has 2 saturated carbocycles. The van der Waals surface area contributed by atoms with Gasteiger partial charge < -0.3 is 10.1 Å². The molecule has 1 aromatic carbocycles. The summed E-state index contributed by atoms with van der Waals surface area (Å²) in [4.78, 5) is 0. The van der Waals surface area contributed by atoms with E-state index in [9.17, 15) is 0 Å². The van der Waals surface area contributed by atoms with Crippen LogP contribution >= 0.6 is 11.6 Å². The molecule has 0 radical (unpaired) electrons. The molecule has 3 heteroatoms. The number of hydrogen-bond acceptors (Lipinski definition) is 2. The van der Waals surface area contributed by atoms with Gasteiger partial charge in [0.2, 0.25) is 0 Å². The van der Waals surface area contributed by atoms with Crippen molar-refractivity contribution in [3.8, 4) is 0 Å². The molecule has 2 atom stereocenters. The first kappa shape index (κ1) is 15.3. The summed E-state index contributed by atoms with van der Waals surface area (Å²) in [6, 6.07) is 8.66. The van der Waals surface area contributed by atoms with Gasteiger partial charge in [0.1, 0.15) is 0 Å². The molecule has 2 fully saturated rings. The van der Waals surface area contributed by atoms with Crippen LogP contribution in [0.3, 0.4) is 0 Å². The molecule has 1 spiro atoms. The summed E-state index contributed by atoms with van der Waals surface area (Å²) in [6.07, 6.45) is 8.28. The Morgan fingerprint density at radius 1 is 1.24 bits per heavy atom. The average Bonchev–Trinajstić information content (AvgIpc) is 2.52. The predicted molar refractivity (Wildman–Crippen MR) is 87.6 cm³/mol. The van der Waals surface area contributed by atoms with Crippen molar-refractivity contribution in [3.05, 3.63) is 34.9 Å². The lowest BCUT2D eigenvalue weighted by Gasteiger charge is -2.58. The molecule has 0 saturated heterocycles. The van der Waals surface area contributed by atoms with Crippen molar-refractivity contribution in [1.29, 1.82) is 0 Å². The molecule has 21 heavy (non-hydrogen) atoms. The van der Waals surface area contributed by atoms with Crippen molar-refractivity contribution >= 4 is 11.6 Å². The molecule has 0 amide bonds. The lowest BCUT2D eigenvalue weighted by molar-refractivity contribution is -0.158. The fourth-order valence-corrected chi connectivity index (χ4v) is 4.39. The van der Waals surface area contributed by atoms with Gasteiger partial charge in [0.15, 0.2) is 0 Å². The number of ether oxygens (including phenoxy) is 1. The molecular formula is C18H26ClNO. The van der Waals surface area contributed by atoms with Crippen LogP contribution in [0.1, 0.15) is 51.0 Å². The zero-order valence-corrected chi connectivity index (χ0v) is 13.7. The van der Waals surface area contributed by atoms with Crippen LogP contribution in [-0.4, -0.2) is 18.7 Å². The molecule has 0 aliphatic heterocycles. The van der Waals surface area contributed by atoms with Gasteiger partial charge >= 0.3 is 0 Å². The number of rotatable bonds is 5. The molecule has 1 N–H and O–H groups in total. The summed E-state index contributed by atoms with van der Waals surface area (Å²) in [7, 11) is 0. The molecule has 0 heterocycles. The van der Waals surface area contributed by atoms with Gasteiger partial charge in [0.05, 0.1) is 12.7 Å². The lowest BCUT2D eigenvalue weighted by atomic mass is 9.55. The van der Waals surface area contributed by atoms with Crippen molar-refractivity contribution in [1.82, 2.24) is 5.32 Å². The highest BCUT2D eigenvalue weighted by Gasteiger charge is 2.55. The minimum atomic E-state index is 0.384. The lowest BCUT2D eigenvalue weighted by Crippen LogP contribution is -2.64. The third kappa shape index (κ3) is 2.99. The number of benzene rings is 1. The van der Waals surface area contributed by atoms with Crippen LogP contribution < -0.4 is 5.32 Å². The Morgan fingerprint density at radius 3 is 2.71 bits per heavy atom. The van der Waals surface area contributed by atoms with E-state index in [2.05, 4.69) is 18.3 Å². The minimum Gasteiger partial charge on any atom is -0.373 e. The van der Waals surface area contributed by atoms with Crippen molar-refractivity contribution in [2.75, 3.05) is 6.54 Å². The van der Waals surface area contributed by atoms with E-state index < -0.39 is 0 Å². The van der Waals surface area contributed by atoms with Gasteiger partial charge in [-0.15, -0.1) is 0 Å². The normalized spacial score (nSPS) is 27.5. The van der Waals surface area contributed by atoms with E-state index in [1.54, 1.807) is 0 Å². The van der Waals surface area contributed by atoms with E-state index in [1.807, 2.05) is 18.2 Å². The van der Waals surface area contributed by atoms with Crippen LogP contribution in [0.15, 0.2) is 24.3 Å². The molecule has 0 aromatic heterocycles. The smallest absolute Gasteiger partial charge is 0.0735 e. The van der Waals surface area contributed by atoms with Crippen LogP contribution in [0.25, 0.3) is 0 Å². The summed E-state index contributed by atoms with van der Waals surface area (Å²) in [6.45, 7) is 3.91. The molecule has 1 aromatic rings. The molecule has 0 bridgehead atoms. The summed E-state index contributed by atoms with van der Waals surface area (Å²) in [5.74, 6) is 0. The van der Waals surface area contributed by atoms with Gasteiger partial charge in [0.25, 0.3) is 0 Å². The zero-order valence-electron chi connectivity index (χ0n) is 12.9. The monoisotopic (exact) mass is 307 g/mol. The Bertz CT molecular complexity index is 470. The highest BCUT2D eigenvalue weighted by atomic mass is 35.5. The first-order chi connectivity index (χ1) is 10.3. The Balaban J connectivity index is 1.64. The zero-order chi connectivity index (χ0) is 14.7. The molecule has 2 aliphatic rings. The third-order valence-corrected chi connectivity index (χ3v) is 5.79. The summed E-state index contributed by atoms with van der Waals surface area (Å²) in [5, 5.41) is 4.49. The summed E-state index contributed by atoms with van der Waals surface area (Å²) < 4.78 is 6.29. The van der Waals surface area contributed by atoms with E-state index in [0.717, 1.165) is 23.6 Å². The molecule has 3 rings (SSSR count). The van der Waals surface area contributed by atoms with Gasteiger partial charge in [-0.3, -0.25) is 0 Å². The second-order valence-electron chi connectivity index (χ2n) is 6.53. The van der Waals surface area contributed by atoms with Crippen molar-refractivity contribution in [2.45, 2.75) is 64.2 Å². The predicted octanol–water partition coefficient (Wildman–Crippen LogP) is 4.56. The Hall–Kier alpha value is -0.570. The van der Waals surface area contributed by atoms with E-state index >= 15 is 0 Å². The Labute approximate surface area is 133 Å². The van der Waals surface area contributed by atoms with Gasteiger partial charge in [-0.25, -0.2) is 0 Å². The number of hydrogen-bond donors (Lipinski definition) is 1. The maximum Gasteiger partial charge on any atom is 0.0735 e. The SMILES string of the molecule is CCNC1CC(OCc2ccccc2Cl)C12CCCCC2. The maximum absolute atomic E-state index is 6.29. The fourth-order valence-electron chi connectivity index (χ4n) is 4.20. The molecule has 116 valence electrons. The van der Waals surface area contributed by atoms with Crippen molar-refractivity contribution in [2.24, 2.45) is 5.41 Å². The Kier molecular flexibility index (Phi) is 4.88. The van der Waals surface area contributed by atoms with Crippen molar-refractivity contribution < 1.29 is 4.74 Å². The first-order valence-electron chi connectivity index (χ1n) is 8.34. The van der Waals surface area contributed by atoms with Crippen LogP contribution in [0.4, 0.5) is 0 Å². The molecule has 2 aliphatic carbocycles. The van der Waals surface area contributed by atoms with Crippen LogP contribution in [0, 0.1) is 5.41 Å². The summed E-state index contributed by atoms with van der Waals surface area (Å²) >= 11 is 6.23. The molecule has 2 nitrogen and oxygen atoms in total. The van der Waals surface area contributed by atoms with E-state index in [0.29, 0.717) is 24.2 Å². The van der Waals surface area contributed by atoms with Crippen LogP contribution in [0.2, 0.25) is 5.02 Å². The number of nitrogens with one attached hydrogen (secondary N) is 1. The van der Waals surface area contributed by atoms with Crippen LogP contribution in [-0.2, 0) is 11.3 Å². The van der Waals surface area contributed by atoms with Crippen LogP contribution in [0.5, 0.6) is 0 Å². The van der Waals surface area contributed by atoms with Gasteiger partial charge in [-0.2, -0.15) is 0 Å². The summed E-state index contributed by atoms with van der Waals surface area (Å²) in [5.41, 5.74) is 1.49. The highest BCUT2D eigenvalue weighted by Crippen LogP contribution is 2.53. The molecular weight excluding hydrogens is 282 g/mol. The number of halogens is 1. The van der Waals surface area contributed by atoms with Crippen molar-refractivity contribution in [3.63, 3.8) is 0 Å². The largest absolute Gasteiger partial charge is 0.373 e. The standard InChI is InChI=1S/C18H26ClNO/c1-2-20-16-12-17(18(16)10-6-3-7-11-18)21-13-14-8-4-5-9-15(14)19/h4-5,8-9,16-17,20H,2-3,6-7,10-13H2,1H3. The second kappa shape index (κ2) is 6.68. The fraction of sp³-hybridized carbons (Fsp3) is 0.667. The maximum atomic E-state index is 6.29. The highest BCUT2D eigenvalue weighted by molar-refractivity contribution is 6.31. The quantitative estimate of drug-likeness (QED) is 0.861. The van der Waals surface area contributed by atoms with Gasteiger partial charge in [-0.1, -0.05) is 56.0 Å². The minimum absolute atomic E-state index is 0.384. The third-order valence-electron chi connectivity index (χ3n) is 5.42. The first-order valence-corrected chi connectivity index (χ1v) is 8.72. The van der Waals surface area contributed by atoms with Gasteiger partial charge in [-0.05, 0) is 37.4 Å². The Morgan fingerprint density at radius 2 is 2.00 bits per heavy atom. The van der Waals surface area contributed by atoms with E-state index in [4.69, 9.17) is 16.3 Å². The van der Waals surface area contributed by atoms with Gasteiger partial charge in [0, 0.05) is 16.5 Å². The van der Waals surface area contributed by atoms with E-state index in [-0.39, 0.29) is 0 Å². The second-order valence-corrected chi connectivity index (χ2v) is 6.94. The van der Waals surface area contributed by atoms with E-state index in [1.165, 1.54) is 32.1 Å². The average molecular weight is 308 g/mol. The molecule has 2 unspecified atom stereocenters.